The number of carbonyl (C=O) groups is 1. The lowest BCUT2D eigenvalue weighted by Gasteiger charge is -2.04. The Kier molecular flexibility index (Phi) is 2.77. The normalized spacial score (nSPS) is 9.75. The average molecular weight is 215 g/mol. The second kappa shape index (κ2) is 4.39. The summed E-state index contributed by atoms with van der Waals surface area (Å²) in [7, 11) is 0. The van der Waals surface area contributed by atoms with Crippen molar-refractivity contribution in [3.63, 3.8) is 0 Å². The number of hydrogen-bond acceptors (Lipinski definition) is 4. The van der Waals surface area contributed by atoms with Crippen LogP contribution in [0.2, 0.25) is 0 Å². The molecule has 0 radical (unpaired) electrons. The number of hydrogen-bond donors (Lipinski definition) is 2. The zero-order valence-corrected chi connectivity index (χ0v) is 8.29. The maximum atomic E-state index is 10.5. The molecule has 0 unspecified atom stereocenters. The molecule has 2 rings (SSSR count). The van der Waals surface area contributed by atoms with E-state index < -0.39 is 5.97 Å². The lowest BCUT2D eigenvalue weighted by molar-refractivity contribution is 0.0690. The second-order valence-corrected chi connectivity index (χ2v) is 3.08. The highest BCUT2D eigenvalue weighted by molar-refractivity contribution is 5.84. The average Bonchev–Trinajstić information content (AvgIpc) is 2.31. The van der Waals surface area contributed by atoms with Crippen molar-refractivity contribution in [2.45, 2.75) is 0 Å². The van der Waals surface area contributed by atoms with Crippen molar-refractivity contribution >= 4 is 17.5 Å². The Morgan fingerprint density at radius 1 is 1.12 bits per heavy atom. The van der Waals surface area contributed by atoms with Crippen molar-refractivity contribution in [1.29, 1.82) is 0 Å². The minimum atomic E-state index is -1.08. The molecular weight excluding hydrogens is 206 g/mol. The molecule has 5 heteroatoms. The Balaban J connectivity index is 2.14. The molecule has 2 N–H and O–H groups in total. The van der Waals surface area contributed by atoms with E-state index in [2.05, 4.69) is 15.3 Å². The molecule has 0 amide bonds. The van der Waals surface area contributed by atoms with Gasteiger partial charge in [-0.3, -0.25) is 0 Å². The van der Waals surface area contributed by atoms with Crippen LogP contribution in [0.15, 0.2) is 42.7 Å². The standard InChI is InChI=1S/C11H9N3O2/c15-11(16)9-6-13-10(7-12-9)14-8-4-2-1-3-5-8/h1-7H,(H,13,14)(H,15,16). The molecule has 2 aromatic rings. The molecular formula is C11H9N3O2. The highest BCUT2D eigenvalue weighted by atomic mass is 16.4. The minimum Gasteiger partial charge on any atom is -0.476 e. The van der Waals surface area contributed by atoms with E-state index in [1.807, 2.05) is 30.3 Å². The molecule has 0 saturated heterocycles. The monoisotopic (exact) mass is 215 g/mol. The molecule has 16 heavy (non-hydrogen) atoms. The van der Waals surface area contributed by atoms with Crippen molar-refractivity contribution in [1.82, 2.24) is 9.97 Å². The summed E-state index contributed by atoms with van der Waals surface area (Å²) in [6.07, 6.45) is 2.60. The van der Waals surface area contributed by atoms with Crippen molar-refractivity contribution in [3.8, 4) is 0 Å². The molecule has 1 aromatic carbocycles. The maximum Gasteiger partial charge on any atom is 0.356 e. The van der Waals surface area contributed by atoms with Gasteiger partial charge in [0.05, 0.1) is 12.4 Å². The summed E-state index contributed by atoms with van der Waals surface area (Å²) < 4.78 is 0. The summed E-state index contributed by atoms with van der Waals surface area (Å²) in [5, 5.41) is 11.6. The molecule has 80 valence electrons. The summed E-state index contributed by atoms with van der Waals surface area (Å²) in [5.74, 6) is -0.574. The van der Waals surface area contributed by atoms with Gasteiger partial charge in [-0.1, -0.05) is 18.2 Å². The fourth-order valence-corrected chi connectivity index (χ4v) is 1.17. The highest BCUT2D eigenvalue weighted by Gasteiger charge is 2.04. The Morgan fingerprint density at radius 3 is 2.44 bits per heavy atom. The molecule has 0 spiro atoms. The molecule has 1 aromatic heterocycles. The van der Waals surface area contributed by atoms with Gasteiger partial charge in [0, 0.05) is 5.69 Å². The Labute approximate surface area is 91.8 Å². The number of anilines is 2. The van der Waals surface area contributed by atoms with E-state index in [4.69, 9.17) is 5.11 Å². The van der Waals surface area contributed by atoms with Crippen LogP contribution in [-0.2, 0) is 0 Å². The van der Waals surface area contributed by atoms with Crippen LogP contribution in [0.25, 0.3) is 0 Å². The molecule has 0 aliphatic rings. The first-order valence-corrected chi connectivity index (χ1v) is 4.63. The molecule has 0 atom stereocenters. The number of carboxylic acids is 1. The van der Waals surface area contributed by atoms with Gasteiger partial charge < -0.3 is 10.4 Å². The number of nitrogens with zero attached hydrogens (tertiary/aromatic N) is 2. The summed E-state index contributed by atoms with van der Waals surface area (Å²) in [5.41, 5.74) is 0.804. The predicted molar refractivity (Wildman–Crippen MR) is 58.7 cm³/mol. The van der Waals surface area contributed by atoms with Crippen LogP contribution in [0.5, 0.6) is 0 Å². The minimum absolute atomic E-state index is 0.0707. The first-order valence-electron chi connectivity index (χ1n) is 4.63. The quantitative estimate of drug-likeness (QED) is 0.818. The Morgan fingerprint density at radius 2 is 1.88 bits per heavy atom. The number of aromatic nitrogens is 2. The van der Waals surface area contributed by atoms with E-state index in [1.54, 1.807) is 0 Å². The van der Waals surface area contributed by atoms with Crippen LogP contribution in [0.1, 0.15) is 10.5 Å². The lowest BCUT2D eigenvalue weighted by Crippen LogP contribution is -2.02. The number of para-hydroxylation sites is 1. The van der Waals surface area contributed by atoms with E-state index in [1.165, 1.54) is 12.4 Å². The third-order valence-corrected chi connectivity index (χ3v) is 1.92. The van der Waals surface area contributed by atoms with Crippen molar-refractivity contribution in [3.05, 3.63) is 48.4 Å². The Bertz CT molecular complexity index is 482. The molecule has 0 fully saturated rings. The predicted octanol–water partition coefficient (Wildman–Crippen LogP) is 1.92. The Hall–Kier alpha value is -2.43. The summed E-state index contributed by atoms with van der Waals surface area (Å²) in [6, 6.07) is 9.45. The first-order chi connectivity index (χ1) is 7.75. The highest BCUT2D eigenvalue weighted by Crippen LogP contribution is 2.12. The van der Waals surface area contributed by atoms with Gasteiger partial charge in [-0.15, -0.1) is 0 Å². The van der Waals surface area contributed by atoms with Crippen LogP contribution in [0, 0.1) is 0 Å². The molecule has 0 aliphatic heterocycles. The van der Waals surface area contributed by atoms with E-state index in [-0.39, 0.29) is 5.69 Å². The third-order valence-electron chi connectivity index (χ3n) is 1.92. The topological polar surface area (TPSA) is 75.1 Å². The van der Waals surface area contributed by atoms with E-state index >= 15 is 0 Å². The van der Waals surface area contributed by atoms with Crippen LogP contribution >= 0.6 is 0 Å². The largest absolute Gasteiger partial charge is 0.476 e. The molecule has 0 saturated carbocycles. The number of rotatable bonds is 3. The van der Waals surface area contributed by atoms with Crippen LogP contribution in [-0.4, -0.2) is 21.0 Å². The SMILES string of the molecule is O=C(O)c1cnc(Nc2ccccc2)cn1. The van der Waals surface area contributed by atoms with Gasteiger partial charge in [-0.25, -0.2) is 14.8 Å². The van der Waals surface area contributed by atoms with Gasteiger partial charge in [-0.05, 0) is 12.1 Å². The third kappa shape index (κ3) is 2.33. The van der Waals surface area contributed by atoms with E-state index in [0.29, 0.717) is 5.82 Å². The lowest BCUT2D eigenvalue weighted by atomic mass is 10.3. The van der Waals surface area contributed by atoms with E-state index in [9.17, 15) is 4.79 Å². The maximum absolute atomic E-state index is 10.5. The van der Waals surface area contributed by atoms with Gasteiger partial charge >= 0.3 is 5.97 Å². The smallest absolute Gasteiger partial charge is 0.356 e. The molecule has 1 heterocycles. The zero-order chi connectivity index (χ0) is 11.4. The van der Waals surface area contributed by atoms with Gasteiger partial charge in [0.2, 0.25) is 0 Å². The number of benzene rings is 1. The molecule has 0 bridgehead atoms. The van der Waals surface area contributed by atoms with Crippen molar-refractivity contribution in [2.75, 3.05) is 5.32 Å². The fraction of sp³-hybridized carbons (Fsp3) is 0. The van der Waals surface area contributed by atoms with Gasteiger partial charge in [0.1, 0.15) is 5.82 Å². The number of carboxylic acid groups (broad SMARTS) is 1. The summed E-state index contributed by atoms with van der Waals surface area (Å²) >= 11 is 0. The second-order valence-electron chi connectivity index (χ2n) is 3.08. The number of aromatic carboxylic acids is 1. The van der Waals surface area contributed by atoms with Gasteiger partial charge in [0.25, 0.3) is 0 Å². The van der Waals surface area contributed by atoms with Crippen LogP contribution < -0.4 is 5.32 Å². The zero-order valence-electron chi connectivity index (χ0n) is 8.29. The van der Waals surface area contributed by atoms with Crippen LogP contribution in [0.3, 0.4) is 0 Å². The van der Waals surface area contributed by atoms with Gasteiger partial charge in [-0.2, -0.15) is 0 Å². The van der Waals surface area contributed by atoms with Gasteiger partial charge in [0.15, 0.2) is 5.69 Å². The van der Waals surface area contributed by atoms with Crippen molar-refractivity contribution < 1.29 is 9.90 Å². The molecule has 0 aliphatic carbocycles. The fourth-order valence-electron chi connectivity index (χ4n) is 1.17. The van der Waals surface area contributed by atoms with E-state index in [0.717, 1.165) is 5.69 Å². The summed E-state index contributed by atoms with van der Waals surface area (Å²) in [4.78, 5) is 18.2. The molecule has 5 nitrogen and oxygen atoms in total. The van der Waals surface area contributed by atoms with Crippen molar-refractivity contribution in [2.24, 2.45) is 0 Å². The van der Waals surface area contributed by atoms with Crippen LogP contribution in [0.4, 0.5) is 11.5 Å². The number of nitrogens with one attached hydrogen (secondary N) is 1. The summed E-state index contributed by atoms with van der Waals surface area (Å²) in [6.45, 7) is 0. The first kappa shape index (κ1) is 10.1.